The molecule has 1 rings (SSSR count). The molecule has 0 saturated heterocycles. The van der Waals surface area contributed by atoms with E-state index >= 15 is 0 Å². The first kappa shape index (κ1) is 15.5. The van der Waals surface area contributed by atoms with Gasteiger partial charge in [-0.05, 0) is 37.6 Å². The van der Waals surface area contributed by atoms with Crippen LogP contribution >= 0.6 is 0 Å². The summed E-state index contributed by atoms with van der Waals surface area (Å²) in [5.41, 5.74) is 0.829. The fourth-order valence-electron chi connectivity index (χ4n) is 1.49. The number of carbonyl (C=O) groups is 1. The SMILES string of the molecule is C=CCNC(=O)/C(C#N)=C\c1ccc(OC(C)C)cc1. The van der Waals surface area contributed by atoms with Crippen molar-refractivity contribution >= 4 is 12.0 Å². The van der Waals surface area contributed by atoms with E-state index in [2.05, 4.69) is 11.9 Å². The third-order valence-electron chi connectivity index (χ3n) is 2.33. The van der Waals surface area contributed by atoms with Gasteiger partial charge in [0, 0.05) is 6.54 Å². The number of hydrogen-bond donors (Lipinski definition) is 1. The highest BCUT2D eigenvalue weighted by Gasteiger charge is 2.07. The highest BCUT2D eigenvalue weighted by Crippen LogP contribution is 2.15. The van der Waals surface area contributed by atoms with E-state index in [0.29, 0.717) is 6.54 Å². The molecule has 1 aromatic rings. The minimum absolute atomic E-state index is 0.0596. The highest BCUT2D eigenvalue weighted by molar-refractivity contribution is 6.01. The zero-order valence-corrected chi connectivity index (χ0v) is 11.7. The van der Waals surface area contributed by atoms with Crippen LogP contribution in [-0.2, 0) is 4.79 Å². The van der Waals surface area contributed by atoms with Gasteiger partial charge in [0.2, 0.25) is 0 Å². The van der Waals surface area contributed by atoms with E-state index in [1.165, 1.54) is 6.08 Å². The second-order valence-electron chi connectivity index (χ2n) is 4.40. The van der Waals surface area contributed by atoms with Crippen molar-refractivity contribution in [2.24, 2.45) is 0 Å². The summed E-state index contributed by atoms with van der Waals surface area (Å²) >= 11 is 0. The first-order chi connectivity index (χ1) is 9.56. The van der Waals surface area contributed by atoms with Gasteiger partial charge in [-0.15, -0.1) is 6.58 Å². The molecule has 0 aliphatic carbocycles. The van der Waals surface area contributed by atoms with Crippen LogP contribution < -0.4 is 10.1 Å². The Kier molecular flexibility index (Phi) is 6.05. The number of benzene rings is 1. The number of ether oxygens (including phenoxy) is 1. The molecule has 0 aliphatic rings. The molecule has 0 spiro atoms. The molecular formula is C16H18N2O2. The van der Waals surface area contributed by atoms with E-state index < -0.39 is 5.91 Å². The molecule has 0 aliphatic heterocycles. The molecule has 4 heteroatoms. The molecule has 0 saturated carbocycles. The Labute approximate surface area is 119 Å². The van der Waals surface area contributed by atoms with Gasteiger partial charge in [-0.2, -0.15) is 5.26 Å². The van der Waals surface area contributed by atoms with Crippen molar-refractivity contribution in [2.75, 3.05) is 6.54 Å². The Bertz CT molecular complexity index is 537. The van der Waals surface area contributed by atoms with Crippen molar-refractivity contribution in [3.63, 3.8) is 0 Å². The molecule has 0 unspecified atom stereocenters. The van der Waals surface area contributed by atoms with E-state index in [9.17, 15) is 4.79 Å². The third-order valence-corrected chi connectivity index (χ3v) is 2.33. The van der Waals surface area contributed by atoms with Gasteiger partial charge in [0.25, 0.3) is 5.91 Å². The molecule has 0 atom stereocenters. The molecule has 1 N–H and O–H groups in total. The molecule has 104 valence electrons. The van der Waals surface area contributed by atoms with E-state index in [-0.39, 0.29) is 11.7 Å². The molecule has 0 fully saturated rings. The van der Waals surface area contributed by atoms with Gasteiger partial charge in [-0.1, -0.05) is 18.2 Å². The molecule has 20 heavy (non-hydrogen) atoms. The van der Waals surface area contributed by atoms with Crippen LogP contribution in [0.25, 0.3) is 6.08 Å². The lowest BCUT2D eigenvalue weighted by molar-refractivity contribution is -0.116. The fourth-order valence-corrected chi connectivity index (χ4v) is 1.49. The monoisotopic (exact) mass is 270 g/mol. The molecule has 0 bridgehead atoms. The third kappa shape index (κ3) is 4.99. The molecular weight excluding hydrogens is 252 g/mol. The smallest absolute Gasteiger partial charge is 0.262 e. The molecule has 0 heterocycles. The van der Waals surface area contributed by atoms with Crippen LogP contribution in [0.4, 0.5) is 0 Å². The van der Waals surface area contributed by atoms with Gasteiger partial charge in [0.05, 0.1) is 6.10 Å². The Morgan fingerprint density at radius 2 is 2.10 bits per heavy atom. The standard InChI is InChI=1S/C16H18N2O2/c1-4-9-18-16(19)14(11-17)10-13-5-7-15(8-6-13)20-12(2)3/h4-8,10,12H,1,9H2,2-3H3,(H,18,19)/b14-10-. The lowest BCUT2D eigenvalue weighted by Gasteiger charge is -2.09. The number of hydrogen-bond acceptors (Lipinski definition) is 3. The van der Waals surface area contributed by atoms with Crippen molar-refractivity contribution in [2.45, 2.75) is 20.0 Å². The largest absolute Gasteiger partial charge is 0.491 e. The molecule has 1 aromatic carbocycles. The Morgan fingerprint density at radius 3 is 2.60 bits per heavy atom. The van der Waals surface area contributed by atoms with Crippen LogP contribution in [0.3, 0.4) is 0 Å². The van der Waals surface area contributed by atoms with Crippen LogP contribution in [0.15, 0.2) is 42.5 Å². The van der Waals surface area contributed by atoms with Crippen molar-refractivity contribution < 1.29 is 9.53 Å². The van der Waals surface area contributed by atoms with E-state index in [1.54, 1.807) is 18.2 Å². The summed E-state index contributed by atoms with van der Waals surface area (Å²) in [4.78, 5) is 11.7. The van der Waals surface area contributed by atoms with Crippen LogP contribution in [0, 0.1) is 11.3 Å². The Balaban J connectivity index is 2.83. The van der Waals surface area contributed by atoms with Crippen LogP contribution in [-0.4, -0.2) is 18.6 Å². The van der Waals surface area contributed by atoms with Gasteiger partial charge >= 0.3 is 0 Å². The number of amides is 1. The number of nitriles is 1. The topological polar surface area (TPSA) is 62.1 Å². The normalized spacial score (nSPS) is 10.8. The van der Waals surface area contributed by atoms with Crippen LogP contribution in [0.5, 0.6) is 5.75 Å². The summed E-state index contributed by atoms with van der Waals surface area (Å²) in [6.07, 6.45) is 3.21. The predicted molar refractivity (Wildman–Crippen MR) is 79.0 cm³/mol. The van der Waals surface area contributed by atoms with Crippen LogP contribution in [0.1, 0.15) is 19.4 Å². The second-order valence-corrected chi connectivity index (χ2v) is 4.40. The Hall–Kier alpha value is -2.54. The van der Waals surface area contributed by atoms with Gasteiger partial charge in [-0.25, -0.2) is 0 Å². The lowest BCUT2D eigenvalue weighted by atomic mass is 10.1. The zero-order valence-electron chi connectivity index (χ0n) is 11.7. The minimum atomic E-state index is -0.407. The Morgan fingerprint density at radius 1 is 1.45 bits per heavy atom. The summed E-state index contributed by atoms with van der Waals surface area (Å²) in [7, 11) is 0. The summed E-state index contributed by atoms with van der Waals surface area (Å²) < 4.78 is 5.52. The second kappa shape index (κ2) is 7.80. The summed E-state index contributed by atoms with van der Waals surface area (Å²) in [6, 6.07) is 9.11. The van der Waals surface area contributed by atoms with Gasteiger partial charge < -0.3 is 10.1 Å². The van der Waals surface area contributed by atoms with Crippen molar-refractivity contribution in [3.8, 4) is 11.8 Å². The van der Waals surface area contributed by atoms with Gasteiger partial charge in [-0.3, -0.25) is 4.79 Å². The summed E-state index contributed by atoms with van der Waals surface area (Å²) in [6.45, 7) is 7.74. The average Bonchev–Trinajstić information content (AvgIpc) is 2.43. The predicted octanol–water partition coefficient (Wildman–Crippen LogP) is 2.68. The van der Waals surface area contributed by atoms with Gasteiger partial charge in [0.1, 0.15) is 17.4 Å². The maximum Gasteiger partial charge on any atom is 0.262 e. The summed E-state index contributed by atoms with van der Waals surface area (Å²) in [5.74, 6) is 0.349. The maximum absolute atomic E-state index is 11.7. The van der Waals surface area contributed by atoms with Gasteiger partial charge in [0.15, 0.2) is 0 Å². The zero-order chi connectivity index (χ0) is 15.0. The van der Waals surface area contributed by atoms with Crippen LogP contribution in [0.2, 0.25) is 0 Å². The maximum atomic E-state index is 11.7. The quantitative estimate of drug-likeness (QED) is 0.491. The number of rotatable bonds is 6. The molecule has 0 aromatic heterocycles. The fraction of sp³-hybridized carbons (Fsp3) is 0.250. The molecule has 0 radical (unpaired) electrons. The molecule has 4 nitrogen and oxygen atoms in total. The van der Waals surface area contributed by atoms with E-state index in [1.807, 2.05) is 32.0 Å². The van der Waals surface area contributed by atoms with E-state index in [4.69, 9.17) is 10.00 Å². The highest BCUT2D eigenvalue weighted by atomic mass is 16.5. The van der Waals surface area contributed by atoms with Crippen molar-refractivity contribution in [1.29, 1.82) is 5.26 Å². The lowest BCUT2D eigenvalue weighted by Crippen LogP contribution is -2.24. The summed E-state index contributed by atoms with van der Waals surface area (Å²) in [5, 5.41) is 11.6. The number of nitrogens with one attached hydrogen (secondary N) is 1. The van der Waals surface area contributed by atoms with E-state index in [0.717, 1.165) is 11.3 Å². The number of nitrogens with zero attached hydrogens (tertiary/aromatic N) is 1. The first-order valence-electron chi connectivity index (χ1n) is 6.34. The van der Waals surface area contributed by atoms with Crippen molar-refractivity contribution in [1.82, 2.24) is 5.32 Å². The average molecular weight is 270 g/mol. The minimum Gasteiger partial charge on any atom is -0.491 e. The van der Waals surface area contributed by atoms with Crippen molar-refractivity contribution in [3.05, 3.63) is 48.1 Å². The molecule has 1 amide bonds. The number of carbonyl (C=O) groups excluding carboxylic acids is 1. The first-order valence-corrected chi connectivity index (χ1v) is 6.34.